The molecule has 0 unspecified atom stereocenters. The van der Waals surface area contributed by atoms with E-state index in [4.69, 9.17) is 4.74 Å². The van der Waals surface area contributed by atoms with E-state index in [1.54, 1.807) is 0 Å². The van der Waals surface area contributed by atoms with Gasteiger partial charge in [-0.25, -0.2) is 0 Å². The fourth-order valence-corrected chi connectivity index (χ4v) is 3.87. The number of hydrogen-bond acceptors (Lipinski definition) is 4. The number of para-hydroxylation sites is 1. The number of nitrogens with zero attached hydrogens (tertiary/aromatic N) is 3. The Balaban J connectivity index is 1.20. The first kappa shape index (κ1) is 16.6. The van der Waals surface area contributed by atoms with Crippen molar-refractivity contribution in [2.75, 3.05) is 39.3 Å². The molecule has 1 fully saturated rings. The number of rotatable bonds is 6. The number of H-pyrrole nitrogens is 1. The van der Waals surface area contributed by atoms with Crippen molar-refractivity contribution in [1.29, 1.82) is 0 Å². The maximum Gasteiger partial charge on any atom is 0.119 e. The van der Waals surface area contributed by atoms with E-state index in [0.29, 0.717) is 0 Å². The second-order valence-corrected chi connectivity index (χ2v) is 7.11. The number of hydrogen-bond donors (Lipinski definition) is 1. The third kappa shape index (κ3) is 4.22. The molecule has 134 valence electrons. The summed E-state index contributed by atoms with van der Waals surface area (Å²) in [4.78, 5) is 5.04. The molecule has 1 aliphatic heterocycles. The molecule has 0 saturated carbocycles. The van der Waals surface area contributed by atoms with Crippen LogP contribution in [-0.2, 0) is 19.4 Å². The molecule has 1 saturated heterocycles. The van der Waals surface area contributed by atoms with Crippen molar-refractivity contribution in [1.82, 2.24) is 20.0 Å². The van der Waals surface area contributed by atoms with Crippen LogP contribution in [0.15, 0.2) is 30.3 Å². The second-order valence-electron chi connectivity index (χ2n) is 7.11. The first-order valence-electron chi connectivity index (χ1n) is 9.56. The minimum atomic E-state index is 0.761. The molecule has 1 aliphatic carbocycles. The van der Waals surface area contributed by atoms with Crippen molar-refractivity contribution in [2.45, 2.75) is 32.2 Å². The summed E-state index contributed by atoms with van der Waals surface area (Å²) in [5, 5.41) is 7.86. The monoisotopic (exact) mass is 340 g/mol. The lowest BCUT2D eigenvalue weighted by Gasteiger charge is -2.34. The summed E-state index contributed by atoms with van der Waals surface area (Å²) < 4.78 is 5.81. The average molecular weight is 340 g/mol. The summed E-state index contributed by atoms with van der Waals surface area (Å²) in [7, 11) is 0. The van der Waals surface area contributed by atoms with Gasteiger partial charge in [0.1, 0.15) is 12.4 Å². The summed E-state index contributed by atoms with van der Waals surface area (Å²) in [6.45, 7) is 7.23. The third-order valence-electron chi connectivity index (χ3n) is 5.40. The van der Waals surface area contributed by atoms with Crippen LogP contribution in [0.2, 0.25) is 0 Å². The van der Waals surface area contributed by atoms with Gasteiger partial charge in [-0.1, -0.05) is 18.2 Å². The molecule has 0 spiro atoms. The van der Waals surface area contributed by atoms with Gasteiger partial charge >= 0.3 is 0 Å². The minimum Gasteiger partial charge on any atom is -0.492 e. The minimum absolute atomic E-state index is 0.761. The largest absolute Gasteiger partial charge is 0.492 e. The van der Waals surface area contributed by atoms with Crippen LogP contribution in [0, 0.1) is 0 Å². The zero-order valence-electron chi connectivity index (χ0n) is 14.9. The summed E-state index contributed by atoms with van der Waals surface area (Å²) in [6.07, 6.45) is 5.00. The van der Waals surface area contributed by atoms with E-state index in [0.717, 1.165) is 51.6 Å². The predicted octanol–water partition coefficient (Wildman–Crippen LogP) is 2.49. The number of aromatic amines is 1. The highest BCUT2D eigenvalue weighted by Gasteiger charge is 2.21. The van der Waals surface area contributed by atoms with Crippen LogP contribution < -0.4 is 4.74 Å². The van der Waals surface area contributed by atoms with E-state index in [2.05, 4.69) is 20.0 Å². The highest BCUT2D eigenvalue weighted by atomic mass is 16.5. The smallest absolute Gasteiger partial charge is 0.119 e. The summed E-state index contributed by atoms with van der Waals surface area (Å²) in [5.74, 6) is 0.962. The van der Waals surface area contributed by atoms with Gasteiger partial charge in [0.15, 0.2) is 0 Å². The topological polar surface area (TPSA) is 44.4 Å². The van der Waals surface area contributed by atoms with Crippen LogP contribution >= 0.6 is 0 Å². The van der Waals surface area contributed by atoms with E-state index < -0.39 is 0 Å². The summed E-state index contributed by atoms with van der Waals surface area (Å²) >= 11 is 0. The second kappa shape index (κ2) is 8.02. The fourth-order valence-electron chi connectivity index (χ4n) is 3.87. The number of ether oxygens (including phenoxy) is 1. The zero-order chi connectivity index (χ0) is 16.9. The Labute approximate surface area is 150 Å². The molecule has 5 nitrogen and oxygen atoms in total. The van der Waals surface area contributed by atoms with Gasteiger partial charge in [-0.3, -0.25) is 14.9 Å². The van der Waals surface area contributed by atoms with Crippen molar-refractivity contribution >= 4 is 0 Å². The maximum absolute atomic E-state index is 5.81. The number of nitrogens with one attached hydrogen (secondary N) is 1. The fraction of sp³-hybridized carbons (Fsp3) is 0.550. The molecule has 1 N–H and O–H groups in total. The Morgan fingerprint density at radius 3 is 2.56 bits per heavy atom. The van der Waals surface area contributed by atoms with Crippen LogP contribution in [0.4, 0.5) is 0 Å². The first-order chi connectivity index (χ1) is 12.4. The molecule has 25 heavy (non-hydrogen) atoms. The molecular formula is C20H28N4O. The van der Waals surface area contributed by atoms with Crippen molar-refractivity contribution in [3.8, 4) is 5.75 Å². The molecule has 1 aromatic carbocycles. The van der Waals surface area contributed by atoms with Gasteiger partial charge in [-0.15, -0.1) is 0 Å². The summed E-state index contributed by atoms with van der Waals surface area (Å²) in [6, 6.07) is 10.1. The van der Waals surface area contributed by atoms with Gasteiger partial charge in [0, 0.05) is 45.0 Å². The Morgan fingerprint density at radius 1 is 0.960 bits per heavy atom. The molecule has 1 aromatic heterocycles. The molecule has 2 heterocycles. The Bertz CT molecular complexity index is 662. The predicted molar refractivity (Wildman–Crippen MR) is 98.9 cm³/mol. The van der Waals surface area contributed by atoms with Crippen LogP contribution in [-0.4, -0.2) is 59.3 Å². The lowest BCUT2D eigenvalue weighted by atomic mass is 9.96. The SMILES string of the molecule is c1ccc(OCCN2CCN(Cc3n[nH]c4c3CCCC4)CC2)cc1. The van der Waals surface area contributed by atoms with Crippen LogP contribution in [0.5, 0.6) is 5.75 Å². The first-order valence-corrected chi connectivity index (χ1v) is 9.56. The van der Waals surface area contributed by atoms with E-state index in [-0.39, 0.29) is 0 Å². The molecule has 0 amide bonds. The van der Waals surface area contributed by atoms with Crippen LogP contribution in [0.3, 0.4) is 0 Å². The highest BCUT2D eigenvalue weighted by molar-refractivity contribution is 5.27. The van der Waals surface area contributed by atoms with E-state index in [1.807, 2.05) is 30.3 Å². The molecule has 2 aliphatic rings. The number of piperazine rings is 1. The van der Waals surface area contributed by atoms with Crippen LogP contribution in [0.25, 0.3) is 0 Å². The van der Waals surface area contributed by atoms with Gasteiger partial charge in [0.05, 0.1) is 5.69 Å². The van der Waals surface area contributed by atoms with Crippen molar-refractivity contribution in [3.63, 3.8) is 0 Å². The molecule has 4 rings (SSSR count). The number of aryl methyl sites for hydroxylation is 1. The van der Waals surface area contributed by atoms with Gasteiger partial charge in [-0.05, 0) is 43.4 Å². The molecular weight excluding hydrogens is 312 g/mol. The molecule has 0 bridgehead atoms. The van der Waals surface area contributed by atoms with Gasteiger partial charge in [0.2, 0.25) is 0 Å². The van der Waals surface area contributed by atoms with E-state index in [9.17, 15) is 0 Å². The Morgan fingerprint density at radius 2 is 1.72 bits per heavy atom. The van der Waals surface area contributed by atoms with Crippen molar-refractivity contribution in [3.05, 3.63) is 47.3 Å². The quantitative estimate of drug-likeness (QED) is 0.877. The van der Waals surface area contributed by atoms with Gasteiger partial charge in [-0.2, -0.15) is 5.10 Å². The van der Waals surface area contributed by atoms with E-state index >= 15 is 0 Å². The summed E-state index contributed by atoms with van der Waals surface area (Å²) in [5.41, 5.74) is 4.18. The molecule has 0 radical (unpaired) electrons. The number of aromatic nitrogens is 2. The van der Waals surface area contributed by atoms with Crippen molar-refractivity contribution < 1.29 is 4.74 Å². The average Bonchev–Trinajstić information content (AvgIpc) is 3.07. The standard InChI is InChI=1S/C20H28N4O/c1-2-6-17(7-3-1)25-15-14-23-10-12-24(13-11-23)16-20-18-8-4-5-9-19(18)21-22-20/h1-3,6-7H,4-5,8-16H2,(H,21,22). The van der Waals surface area contributed by atoms with E-state index in [1.165, 1.54) is 42.6 Å². The molecule has 5 heteroatoms. The number of benzene rings is 1. The normalized spacial score (nSPS) is 18.9. The molecule has 2 aromatic rings. The zero-order valence-corrected chi connectivity index (χ0v) is 14.9. The van der Waals surface area contributed by atoms with Gasteiger partial charge in [0.25, 0.3) is 0 Å². The maximum atomic E-state index is 5.81. The Hall–Kier alpha value is -1.85. The van der Waals surface area contributed by atoms with Crippen LogP contribution in [0.1, 0.15) is 29.8 Å². The molecule has 0 atom stereocenters. The highest BCUT2D eigenvalue weighted by Crippen LogP contribution is 2.23. The van der Waals surface area contributed by atoms with Crippen molar-refractivity contribution in [2.24, 2.45) is 0 Å². The van der Waals surface area contributed by atoms with Gasteiger partial charge < -0.3 is 4.74 Å². The Kier molecular flexibility index (Phi) is 5.33. The lowest BCUT2D eigenvalue weighted by molar-refractivity contribution is 0.111. The lowest BCUT2D eigenvalue weighted by Crippen LogP contribution is -2.47. The number of fused-ring (bicyclic) bond motifs is 1. The third-order valence-corrected chi connectivity index (χ3v) is 5.40.